The van der Waals surface area contributed by atoms with E-state index in [1.165, 1.54) is 0 Å². The molecule has 0 spiro atoms. The molecule has 1 amide bonds. The lowest BCUT2D eigenvalue weighted by Gasteiger charge is -2.22. The van der Waals surface area contributed by atoms with Gasteiger partial charge in [0.25, 0.3) is 15.9 Å². The second-order valence-corrected chi connectivity index (χ2v) is 10.2. The Morgan fingerprint density at radius 1 is 0.909 bits per heavy atom. The average molecular weight is 466 g/mol. The van der Waals surface area contributed by atoms with Gasteiger partial charge in [0.15, 0.2) is 0 Å². The monoisotopic (exact) mass is 465 g/mol. The van der Waals surface area contributed by atoms with Gasteiger partial charge in [0.2, 0.25) is 0 Å². The lowest BCUT2D eigenvalue weighted by atomic mass is 10.0. The van der Waals surface area contributed by atoms with Gasteiger partial charge < -0.3 is 10.2 Å². The van der Waals surface area contributed by atoms with Gasteiger partial charge in [-0.2, -0.15) is 0 Å². The molecule has 7 heteroatoms. The molecule has 0 saturated heterocycles. The van der Waals surface area contributed by atoms with Crippen molar-refractivity contribution in [2.75, 3.05) is 25.4 Å². The maximum absolute atomic E-state index is 12.8. The Hall–Kier alpha value is -3.16. The van der Waals surface area contributed by atoms with Crippen molar-refractivity contribution in [1.29, 1.82) is 0 Å². The van der Waals surface area contributed by atoms with Crippen LogP contribution in [0.3, 0.4) is 0 Å². The number of carbonyl (C=O) groups excluding carboxylic acids is 1. The smallest absolute Gasteiger partial charge is 0.261 e. The normalized spacial score (nSPS) is 12.4. The molecule has 174 valence electrons. The number of anilines is 1. The van der Waals surface area contributed by atoms with Gasteiger partial charge in [-0.25, -0.2) is 8.42 Å². The Balaban J connectivity index is 1.68. The van der Waals surface area contributed by atoms with Crippen molar-refractivity contribution < 1.29 is 13.2 Å². The number of hydrogen-bond donors (Lipinski definition) is 2. The van der Waals surface area contributed by atoms with Crippen LogP contribution in [0, 0.1) is 13.8 Å². The van der Waals surface area contributed by atoms with Gasteiger partial charge in [0, 0.05) is 23.8 Å². The zero-order chi connectivity index (χ0) is 24.0. The highest BCUT2D eigenvalue weighted by atomic mass is 32.2. The summed E-state index contributed by atoms with van der Waals surface area (Å²) < 4.78 is 28.0. The maximum atomic E-state index is 12.8. The standard InChI is InChI=1S/C26H31N3O3S/c1-19-10-15-25(16-20(19)2)33(31,32)28-23-13-11-22(12-14-23)26(30)27-24(18-29(3)4)17-21-8-6-5-7-9-21/h5-16,24,28H,17-18H2,1-4H3,(H,27,30). The number of amides is 1. The van der Waals surface area contributed by atoms with Crippen LogP contribution in [0.15, 0.2) is 77.7 Å². The van der Waals surface area contributed by atoms with E-state index < -0.39 is 10.0 Å². The van der Waals surface area contributed by atoms with Crippen LogP contribution in [0.2, 0.25) is 0 Å². The quantitative estimate of drug-likeness (QED) is 0.501. The predicted octanol–water partition coefficient (Wildman–Crippen LogP) is 4.01. The zero-order valence-corrected chi connectivity index (χ0v) is 20.3. The molecule has 2 N–H and O–H groups in total. The average Bonchev–Trinajstić information content (AvgIpc) is 2.76. The molecule has 3 aromatic rings. The minimum atomic E-state index is -3.71. The summed E-state index contributed by atoms with van der Waals surface area (Å²) in [6.45, 7) is 4.52. The molecule has 0 aliphatic carbocycles. The highest BCUT2D eigenvalue weighted by Crippen LogP contribution is 2.19. The largest absolute Gasteiger partial charge is 0.348 e. The molecule has 0 radical (unpaired) electrons. The molecule has 0 fully saturated rings. The van der Waals surface area contributed by atoms with E-state index in [9.17, 15) is 13.2 Å². The van der Waals surface area contributed by atoms with E-state index in [2.05, 4.69) is 10.0 Å². The van der Waals surface area contributed by atoms with Crippen LogP contribution >= 0.6 is 0 Å². The fourth-order valence-electron chi connectivity index (χ4n) is 3.55. The number of hydrogen-bond acceptors (Lipinski definition) is 4. The van der Waals surface area contributed by atoms with Crippen molar-refractivity contribution >= 4 is 21.6 Å². The van der Waals surface area contributed by atoms with Crippen LogP contribution in [-0.4, -0.2) is 45.9 Å². The van der Waals surface area contributed by atoms with E-state index >= 15 is 0 Å². The summed E-state index contributed by atoms with van der Waals surface area (Å²) in [5.74, 6) is -0.193. The first-order valence-electron chi connectivity index (χ1n) is 10.8. The maximum Gasteiger partial charge on any atom is 0.261 e. The fraction of sp³-hybridized carbons (Fsp3) is 0.269. The van der Waals surface area contributed by atoms with E-state index in [-0.39, 0.29) is 16.8 Å². The second-order valence-electron chi connectivity index (χ2n) is 8.55. The van der Waals surface area contributed by atoms with Gasteiger partial charge in [-0.1, -0.05) is 36.4 Å². The Morgan fingerprint density at radius 3 is 2.18 bits per heavy atom. The van der Waals surface area contributed by atoms with Gasteiger partial charge in [-0.15, -0.1) is 0 Å². The van der Waals surface area contributed by atoms with E-state index in [1.807, 2.05) is 63.2 Å². The van der Waals surface area contributed by atoms with Crippen molar-refractivity contribution in [3.8, 4) is 0 Å². The number of nitrogens with zero attached hydrogens (tertiary/aromatic N) is 1. The second kappa shape index (κ2) is 10.6. The molecule has 0 aliphatic rings. The van der Waals surface area contributed by atoms with Crippen LogP contribution in [0.5, 0.6) is 0 Å². The van der Waals surface area contributed by atoms with Gasteiger partial charge in [0.05, 0.1) is 4.90 Å². The van der Waals surface area contributed by atoms with Crippen LogP contribution in [-0.2, 0) is 16.4 Å². The molecule has 1 atom stereocenters. The van der Waals surface area contributed by atoms with E-state index in [0.29, 0.717) is 17.8 Å². The summed E-state index contributed by atoms with van der Waals surface area (Å²) in [6.07, 6.45) is 0.721. The number of sulfonamides is 1. The molecule has 3 aromatic carbocycles. The van der Waals surface area contributed by atoms with Crippen molar-refractivity contribution in [2.24, 2.45) is 0 Å². The lowest BCUT2D eigenvalue weighted by Crippen LogP contribution is -2.43. The Bertz CT molecular complexity index is 1190. The number of benzene rings is 3. The molecular weight excluding hydrogens is 434 g/mol. The molecule has 0 aliphatic heterocycles. The minimum absolute atomic E-state index is 0.0575. The summed E-state index contributed by atoms with van der Waals surface area (Å²) in [5.41, 5.74) is 3.97. The zero-order valence-electron chi connectivity index (χ0n) is 19.5. The third-order valence-electron chi connectivity index (χ3n) is 5.43. The van der Waals surface area contributed by atoms with Crippen molar-refractivity contribution in [2.45, 2.75) is 31.2 Å². The summed E-state index contributed by atoms with van der Waals surface area (Å²) in [4.78, 5) is 15.1. The van der Waals surface area contributed by atoms with Crippen molar-refractivity contribution in [1.82, 2.24) is 10.2 Å². The molecule has 0 saturated carbocycles. The van der Waals surface area contributed by atoms with Gasteiger partial charge >= 0.3 is 0 Å². The predicted molar refractivity (Wildman–Crippen MR) is 133 cm³/mol. The van der Waals surface area contributed by atoms with Crippen LogP contribution in [0.1, 0.15) is 27.0 Å². The topological polar surface area (TPSA) is 78.5 Å². The van der Waals surface area contributed by atoms with Crippen LogP contribution in [0.4, 0.5) is 5.69 Å². The molecule has 6 nitrogen and oxygen atoms in total. The first-order valence-corrected chi connectivity index (χ1v) is 12.3. The highest BCUT2D eigenvalue weighted by Gasteiger charge is 2.17. The number of aryl methyl sites for hydroxylation is 2. The van der Waals surface area contributed by atoms with E-state index in [1.54, 1.807) is 42.5 Å². The summed E-state index contributed by atoms with van der Waals surface area (Å²) in [5, 5.41) is 3.10. The molecule has 1 unspecified atom stereocenters. The van der Waals surface area contributed by atoms with Gasteiger partial charge in [-0.05, 0) is 87.5 Å². The van der Waals surface area contributed by atoms with Crippen molar-refractivity contribution in [3.63, 3.8) is 0 Å². The number of rotatable bonds is 9. The third kappa shape index (κ3) is 6.91. The first kappa shape index (κ1) is 24.5. The summed E-state index contributed by atoms with van der Waals surface area (Å²) >= 11 is 0. The Kier molecular flexibility index (Phi) is 7.89. The molecule has 3 rings (SSSR count). The van der Waals surface area contributed by atoms with E-state index in [0.717, 1.165) is 23.1 Å². The SMILES string of the molecule is Cc1ccc(S(=O)(=O)Nc2ccc(C(=O)NC(Cc3ccccc3)CN(C)C)cc2)cc1C. The molecular formula is C26H31N3O3S. The summed E-state index contributed by atoms with van der Waals surface area (Å²) in [7, 11) is 0.237. The molecule has 33 heavy (non-hydrogen) atoms. The first-order chi connectivity index (χ1) is 15.6. The van der Waals surface area contributed by atoms with Crippen LogP contribution in [0.25, 0.3) is 0 Å². The minimum Gasteiger partial charge on any atom is -0.348 e. The highest BCUT2D eigenvalue weighted by molar-refractivity contribution is 7.92. The summed E-state index contributed by atoms with van der Waals surface area (Å²) in [6, 6.07) is 21.5. The Morgan fingerprint density at radius 2 is 1.58 bits per heavy atom. The number of likely N-dealkylation sites (N-methyl/N-ethyl adjacent to an activating group) is 1. The molecule has 0 heterocycles. The van der Waals surface area contributed by atoms with E-state index in [4.69, 9.17) is 0 Å². The van der Waals surface area contributed by atoms with Crippen LogP contribution < -0.4 is 10.0 Å². The fourth-order valence-corrected chi connectivity index (χ4v) is 4.70. The number of carbonyl (C=O) groups is 1. The number of nitrogens with one attached hydrogen (secondary N) is 2. The van der Waals surface area contributed by atoms with Gasteiger partial charge in [0.1, 0.15) is 0 Å². The third-order valence-corrected chi connectivity index (χ3v) is 6.81. The van der Waals surface area contributed by atoms with Gasteiger partial charge in [-0.3, -0.25) is 9.52 Å². The lowest BCUT2D eigenvalue weighted by molar-refractivity contribution is 0.0930. The molecule has 0 bridgehead atoms. The Labute approximate surface area is 196 Å². The molecule has 0 aromatic heterocycles. The van der Waals surface area contributed by atoms with Crippen molar-refractivity contribution in [3.05, 3.63) is 95.1 Å².